The first-order chi connectivity index (χ1) is 28.0. The van der Waals surface area contributed by atoms with Crippen LogP contribution in [0.5, 0.6) is 5.75 Å². The molecule has 0 radical (unpaired) electrons. The summed E-state index contributed by atoms with van der Waals surface area (Å²) in [6.07, 6.45) is -1.44. The average Bonchev–Trinajstić information content (AvgIpc) is 3.22. The zero-order chi connectivity index (χ0) is 42.4. The minimum absolute atomic E-state index is 0.00733. The van der Waals surface area contributed by atoms with Crippen LogP contribution >= 0.6 is 11.8 Å². The predicted molar refractivity (Wildman–Crippen MR) is 226 cm³/mol. The van der Waals surface area contributed by atoms with E-state index in [-0.39, 0.29) is 29.1 Å². The Labute approximate surface area is 347 Å². The van der Waals surface area contributed by atoms with Crippen LogP contribution in [0.25, 0.3) is 11.1 Å². The van der Waals surface area contributed by atoms with Crippen LogP contribution in [0.4, 0.5) is 24.5 Å². The summed E-state index contributed by atoms with van der Waals surface area (Å²) in [5, 5.41) is 2.75. The molecule has 10 nitrogen and oxygen atoms in total. The maximum Gasteiger partial charge on any atom is 0.418 e. The van der Waals surface area contributed by atoms with E-state index in [2.05, 4.69) is 42.0 Å². The van der Waals surface area contributed by atoms with Gasteiger partial charge in [0, 0.05) is 77.6 Å². The summed E-state index contributed by atoms with van der Waals surface area (Å²) in [4.78, 5) is 35.4. The number of pyridine rings is 1. The van der Waals surface area contributed by atoms with Crippen molar-refractivity contribution in [2.24, 2.45) is 0 Å². The van der Waals surface area contributed by atoms with Gasteiger partial charge >= 0.3 is 6.18 Å². The fourth-order valence-corrected chi connectivity index (χ4v) is 8.33. The third-order valence-electron chi connectivity index (χ3n) is 9.73. The fraction of sp³-hybridized carbons (Fsp3) is 0.295. The summed E-state index contributed by atoms with van der Waals surface area (Å²) >= 11 is 1.47. The second-order valence-electron chi connectivity index (χ2n) is 14.9. The van der Waals surface area contributed by atoms with Crippen LogP contribution in [-0.4, -0.2) is 75.2 Å². The zero-order valence-corrected chi connectivity index (χ0v) is 34.8. The number of amides is 2. The zero-order valence-electron chi connectivity index (χ0n) is 33.2. The maximum absolute atomic E-state index is 14.0. The van der Waals surface area contributed by atoms with Crippen LogP contribution in [0, 0.1) is 0 Å². The number of anilines is 2. The van der Waals surface area contributed by atoms with Crippen LogP contribution in [0.15, 0.2) is 119 Å². The van der Waals surface area contributed by atoms with Crippen molar-refractivity contribution in [1.82, 2.24) is 14.6 Å². The molecule has 0 aliphatic carbocycles. The average molecular weight is 846 g/mol. The number of hydrogen-bond donors (Lipinski definition) is 2. The van der Waals surface area contributed by atoms with Crippen LogP contribution in [0.3, 0.4) is 0 Å². The monoisotopic (exact) mass is 845 g/mol. The Morgan fingerprint density at radius 2 is 1.54 bits per heavy atom. The molecule has 2 N–H and O–H groups in total. The number of sulfonamides is 1. The molecule has 4 aromatic carbocycles. The van der Waals surface area contributed by atoms with Crippen molar-refractivity contribution in [3.8, 4) is 16.9 Å². The Bertz CT molecular complexity index is 2380. The highest BCUT2D eigenvalue weighted by Gasteiger charge is 2.35. The van der Waals surface area contributed by atoms with Gasteiger partial charge in [-0.25, -0.2) is 13.1 Å². The molecule has 0 unspecified atom stereocenters. The number of nitrogens with one attached hydrogen (secondary N) is 2. The van der Waals surface area contributed by atoms with Gasteiger partial charge in [0.05, 0.1) is 23.3 Å². The number of aromatic nitrogens is 1. The Balaban J connectivity index is 1.07. The Hall–Kier alpha value is -5.54. The molecule has 0 atom stereocenters. The first-order valence-corrected chi connectivity index (χ1v) is 21.6. The van der Waals surface area contributed by atoms with E-state index in [0.29, 0.717) is 55.9 Å². The SMILES string of the molecule is CCOc1cncc(-c2cc(C(=O)N3CCN(c4ccc(C(=O)NS(=O)(=O)c5ccc(NCCSc6ccccc6)c(C(F)(F)F)c5)cc4)CC3)cc(C(C)(C)C)c2)c1. The molecule has 1 aliphatic rings. The Morgan fingerprint density at radius 3 is 2.20 bits per heavy atom. The van der Waals surface area contributed by atoms with E-state index in [1.54, 1.807) is 24.5 Å². The summed E-state index contributed by atoms with van der Waals surface area (Å²) < 4.78 is 76.0. The number of hydrogen-bond acceptors (Lipinski definition) is 9. The quantitative estimate of drug-likeness (QED) is 0.0886. The normalized spacial score (nSPS) is 13.5. The molecule has 0 saturated carbocycles. The number of ether oxygens (including phenoxy) is 1. The highest BCUT2D eigenvalue weighted by molar-refractivity contribution is 7.99. The van der Waals surface area contributed by atoms with Gasteiger partial charge in [0.15, 0.2) is 0 Å². The number of halogens is 3. The van der Waals surface area contributed by atoms with Crippen LogP contribution in [-0.2, 0) is 21.6 Å². The minimum Gasteiger partial charge on any atom is -0.492 e. The number of thioether (sulfide) groups is 1. The maximum atomic E-state index is 14.0. The number of carbonyl (C=O) groups excluding carboxylic acids is 2. The van der Waals surface area contributed by atoms with Gasteiger partial charge in [-0.3, -0.25) is 14.6 Å². The van der Waals surface area contributed by atoms with E-state index in [4.69, 9.17) is 4.74 Å². The molecule has 5 aromatic rings. The molecule has 0 spiro atoms. The highest BCUT2D eigenvalue weighted by Crippen LogP contribution is 2.37. The standard InChI is InChI=1S/C44H46F3N5O5S2/c1-5-57-36-26-33(28-48-29-36)31-23-32(25-34(24-31)43(2,3)4)42(54)52-20-18-51(19-21-52)35-13-11-30(12-14-35)41(53)50-59(55,56)38-15-16-40(39(27-38)44(45,46)47)49-17-22-58-37-9-7-6-8-10-37/h6-16,23-29,49H,5,17-22H2,1-4H3,(H,50,53). The molecule has 1 fully saturated rings. The molecule has 2 heterocycles. The van der Waals surface area contributed by atoms with Gasteiger partial charge in [0.25, 0.3) is 21.8 Å². The third kappa shape index (κ3) is 10.9. The Kier molecular flexibility index (Phi) is 13.3. The number of alkyl halides is 3. The van der Waals surface area contributed by atoms with Crippen LogP contribution < -0.4 is 19.7 Å². The number of rotatable bonds is 13. The summed E-state index contributed by atoms with van der Waals surface area (Å²) in [5.41, 5.74) is 2.42. The molecule has 310 valence electrons. The van der Waals surface area contributed by atoms with Crippen molar-refractivity contribution in [1.29, 1.82) is 0 Å². The fourth-order valence-electron chi connectivity index (χ4n) is 6.54. The van der Waals surface area contributed by atoms with Crippen molar-refractivity contribution >= 4 is 45.0 Å². The third-order valence-corrected chi connectivity index (χ3v) is 12.1. The predicted octanol–water partition coefficient (Wildman–Crippen LogP) is 8.75. The lowest BCUT2D eigenvalue weighted by Gasteiger charge is -2.36. The topological polar surface area (TPSA) is 121 Å². The first-order valence-electron chi connectivity index (χ1n) is 19.1. The summed E-state index contributed by atoms with van der Waals surface area (Å²) in [6, 6.07) is 26.1. The van der Waals surface area contributed by atoms with Crippen molar-refractivity contribution in [2.45, 2.75) is 49.1 Å². The van der Waals surface area contributed by atoms with Gasteiger partial charge in [-0.2, -0.15) is 13.2 Å². The van der Waals surface area contributed by atoms with Gasteiger partial charge in [0.2, 0.25) is 0 Å². The van der Waals surface area contributed by atoms with Gasteiger partial charge in [-0.1, -0.05) is 45.0 Å². The van der Waals surface area contributed by atoms with Gasteiger partial charge in [-0.05, 0) is 96.3 Å². The van der Waals surface area contributed by atoms with Crippen molar-refractivity contribution < 1.29 is 35.9 Å². The van der Waals surface area contributed by atoms with Gasteiger partial charge in [0.1, 0.15) is 5.75 Å². The minimum atomic E-state index is -4.85. The van der Waals surface area contributed by atoms with Crippen molar-refractivity contribution in [3.05, 3.63) is 132 Å². The summed E-state index contributed by atoms with van der Waals surface area (Å²) in [6.45, 7) is 10.8. The number of nitrogens with zero attached hydrogens (tertiary/aromatic N) is 3. The van der Waals surface area contributed by atoms with Gasteiger partial charge < -0.3 is 19.9 Å². The van der Waals surface area contributed by atoms with E-state index in [1.165, 1.54) is 23.9 Å². The molecule has 2 amide bonds. The van der Waals surface area contributed by atoms with Crippen LogP contribution in [0.2, 0.25) is 0 Å². The molecular formula is C44H46F3N5O5S2. The van der Waals surface area contributed by atoms with E-state index in [9.17, 15) is 31.2 Å². The molecule has 15 heteroatoms. The van der Waals surface area contributed by atoms with E-state index >= 15 is 0 Å². The number of carbonyl (C=O) groups is 2. The molecule has 0 bridgehead atoms. The molecule has 1 saturated heterocycles. The van der Waals surface area contributed by atoms with E-state index < -0.39 is 32.6 Å². The van der Waals surface area contributed by atoms with Crippen molar-refractivity contribution in [2.75, 3.05) is 55.3 Å². The Morgan fingerprint density at radius 1 is 0.831 bits per heavy atom. The first kappa shape index (κ1) is 43.0. The highest BCUT2D eigenvalue weighted by atomic mass is 32.2. The van der Waals surface area contributed by atoms with Crippen molar-refractivity contribution in [3.63, 3.8) is 0 Å². The lowest BCUT2D eigenvalue weighted by atomic mass is 9.84. The second kappa shape index (κ2) is 18.2. The smallest absolute Gasteiger partial charge is 0.418 e. The molecular weight excluding hydrogens is 800 g/mol. The lowest BCUT2D eigenvalue weighted by Crippen LogP contribution is -2.48. The molecule has 1 aromatic heterocycles. The molecule has 1 aliphatic heterocycles. The van der Waals surface area contributed by atoms with E-state index in [1.807, 2.05) is 65.1 Å². The number of piperazine rings is 1. The molecule has 6 rings (SSSR count). The largest absolute Gasteiger partial charge is 0.492 e. The lowest BCUT2D eigenvalue weighted by molar-refractivity contribution is -0.137. The van der Waals surface area contributed by atoms with Crippen LogP contribution in [0.1, 0.15) is 59.5 Å². The summed E-state index contributed by atoms with van der Waals surface area (Å²) in [5.74, 6) is 0.0456. The second-order valence-corrected chi connectivity index (χ2v) is 17.8. The van der Waals surface area contributed by atoms with E-state index in [0.717, 1.165) is 39.4 Å². The number of benzene rings is 4. The summed E-state index contributed by atoms with van der Waals surface area (Å²) in [7, 11) is -4.66. The van der Waals surface area contributed by atoms with Gasteiger partial charge in [-0.15, -0.1) is 11.8 Å². The molecule has 59 heavy (non-hydrogen) atoms.